The lowest BCUT2D eigenvalue weighted by Gasteiger charge is -2.05. The molecule has 0 atom stereocenters. The van der Waals surface area contributed by atoms with Gasteiger partial charge in [-0.25, -0.2) is 0 Å². The Bertz CT molecular complexity index is 760. The van der Waals surface area contributed by atoms with E-state index >= 15 is 0 Å². The first-order valence-corrected chi connectivity index (χ1v) is 6.03. The molecule has 1 aromatic carbocycles. The Kier molecular flexibility index (Phi) is 2.69. The molecule has 94 valence electrons. The van der Waals surface area contributed by atoms with Gasteiger partial charge in [0.15, 0.2) is 0 Å². The van der Waals surface area contributed by atoms with Gasteiger partial charge in [-0.15, -0.1) is 0 Å². The van der Waals surface area contributed by atoms with Gasteiger partial charge in [-0.2, -0.15) is 10.4 Å². The largest absolute Gasteiger partial charge is 0.396 e. The Morgan fingerprint density at radius 3 is 2.89 bits per heavy atom. The van der Waals surface area contributed by atoms with Crippen molar-refractivity contribution in [3.05, 3.63) is 48.4 Å². The summed E-state index contributed by atoms with van der Waals surface area (Å²) in [5, 5.41) is 14.2. The molecule has 2 aromatic heterocycles. The maximum Gasteiger partial charge on any atom is 0.0992 e. The smallest absolute Gasteiger partial charge is 0.0992 e. The van der Waals surface area contributed by atoms with Crippen LogP contribution in [0.15, 0.2) is 42.9 Å². The minimum absolute atomic E-state index is 0.670. The highest BCUT2D eigenvalue weighted by atomic mass is 15.3. The number of aryl methyl sites for hydroxylation is 2. The van der Waals surface area contributed by atoms with Crippen molar-refractivity contribution in [2.75, 3.05) is 5.73 Å². The SMILES string of the molecule is N#Cc1ccc2ccn(CCn3cc(N)cn3)c2c1. The van der Waals surface area contributed by atoms with Gasteiger partial charge in [0.1, 0.15) is 0 Å². The standard InChI is InChI=1S/C14H13N5/c15-8-11-1-2-12-3-4-18(14(12)7-11)5-6-19-10-13(16)9-17-19/h1-4,7,9-10H,5-6,16H2. The third-order valence-electron chi connectivity index (χ3n) is 3.13. The van der Waals surface area contributed by atoms with Gasteiger partial charge in [0, 0.05) is 24.5 Å². The number of nitrogen functional groups attached to an aromatic ring is 1. The maximum atomic E-state index is 8.95. The highest BCUT2D eigenvalue weighted by Crippen LogP contribution is 2.17. The third kappa shape index (κ3) is 2.16. The Morgan fingerprint density at radius 2 is 2.16 bits per heavy atom. The minimum Gasteiger partial charge on any atom is -0.396 e. The van der Waals surface area contributed by atoms with E-state index in [1.54, 1.807) is 6.20 Å². The number of aromatic nitrogens is 3. The van der Waals surface area contributed by atoms with E-state index in [2.05, 4.69) is 15.7 Å². The molecule has 5 nitrogen and oxygen atoms in total. The first kappa shape index (κ1) is 11.4. The average molecular weight is 251 g/mol. The Hall–Kier alpha value is -2.74. The number of nitriles is 1. The molecule has 0 aliphatic heterocycles. The number of anilines is 1. The highest BCUT2D eigenvalue weighted by Gasteiger charge is 2.03. The number of nitrogens with two attached hydrogens (primary N) is 1. The van der Waals surface area contributed by atoms with E-state index in [0.717, 1.165) is 24.0 Å². The van der Waals surface area contributed by atoms with Crippen LogP contribution in [0.3, 0.4) is 0 Å². The summed E-state index contributed by atoms with van der Waals surface area (Å²) in [5.41, 5.74) is 8.05. The third-order valence-corrected chi connectivity index (χ3v) is 3.13. The monoisotopic (exact) mass is 251 g/mol. The number of rotatable bonds is 3. The molecule has 0 radical (unpaired) electrons. The van der Waals surface area contributed by atoms with Crippen molar-refractivity contribution in [1.29, 1.82) is 5.26 Å². The Labute approximate surface area is 110 Å². The summed E-state index contributed by atoms with van der Waals surface area (Å²) in [7, 11) is 0. The normalized spacial score (nSPS) is 10.7. The second-order valence-electron chi connectivity index (χ2n) is 4.43. The molecule has 5 heteroatoms. The second-order valence-corrected chi connectivity index (χ2v) is 4.43. The van der Waals surface area contributed by atoms with Crippen molar-refractivity contribution in [1.82, 2.24) is 14.3 Å². The molecule has 2 N–H and O–H groups in total. The van der Waals surface area contributed by atoms with Crippen LogP contribution in [0.4, 0.5) is 5.69 Å². The van der Waals surface area contributed by atoms with Crippen LogP contribution in [0.1, 0.15) is 5.56 Å². The van der Waals surface area contributed by atoms with Gasteiger partial charge in [0.2, 0.25) is 0 Å². The van der Waals surface area contributed by atoms with Gasteiger partial charge in [-0.1, -0.05) is 6.07 Å². The Morgan fingerprint density at radius 1 is 1.26 bits per heavy atom. The topological polar surface area (TPSA) is 72.6 Å². The number of hydrogen-bond donors (Lipinski definition) is 1. The number of fused-ring (bicyclic) bond motifs is 1. The molecule has 0 amide bonds. The van der Waals surface area contributed by atoms with Crippen molar-refractivity contribution in [3.63, 3.8) is 0 Å². The Balaban J connectivity index is 1.86. The van der Waals surface area contributed by atoms with E-state index < -0.39 is 0 Å². The summed E-state index contributed by atoms with van der Waals surface area (Å²) in [6.45, 7) is 1.54. The van der Waals surface area contributed by atoms with Crippen LogP contribution in [0.25, 0.3) is 10.9 Å². The van der Waals surface area contributed by atoms with E-state index in [0.29, 0.717) is 11.3 Å². The van der Waals surface area contributed by atoms with Gasteiger partial charge in [0.05, 0.1) is 30.1 Å². The van der Waals surface area contributed by atoms with Crippen LogP contribution in [-0.2, 0) is 13.1 Å². The molecule has 3 rings (SSSR count). The molecular formula is C14H13N5. The van der Waals surface area contributed by atoms with Gasteiger partial charge in [-0.3, -0.25) is 4.68 Å². The fourth-order valence-corrected chi connectivity index (χ4v) is 2.16. The molecular weight excluding hydrogens is 238 g/mol. The first-order valence-electron chi connectivity index (χ1n) is 6.03. The fourth-order valence-electron chi connectivity index (χ4n) is 2.16. The lowest BCUT2D eigenvalue weighted by Crippen LogP contribution is -2.06. The number of benzene rings is 1. The summed E-state index contributed by atoms with van der Waals surface area (Å²) in [6.07, 6.45) is 5.48. The summed E-state index contributed by atoms with van der Waals surface area (Å²) >= 11 is 0. The molecule has 0 aliphatic rings. The summed E-state index contributed by atoms with van der Waals surface area (Å²) in [4.78, 5) is 0. The highest BCUT2D eigenvalue weighted by molar-refractivity contribution is 5.81. The predicted molar refractivity (Wildman–Crippen MR) is 73.3 cm³/mol. The fraction of sp³-hybridized carbons (Fsp3) is 0.143. The van der Waals surface area contributed by atoms with Gasteiger partial charge >= 0.3 is 0 Å². The van der Waals surface area contributed by atoms with Crippen molar-refractivity contribution >= 4 is 16.6 Å². The summed E-state index contributed by atoms with van der Waals surface area (Å²) in [5.74, 6) is 0. The van der Waals surface area contributed by atoms with E-state index in [4.69, 9.17) is 11.0 Å². The molecule has 0 saturated heterocycles. The zero-order valence-corrected chi connectivity index (χ0v) is 10.3. The minimum atomic E-state index is 0.670. The van der Waals surface area contributed by atoms with Crippen LogP contribution >= 0.6 is 0 Å². The van der Waals surface area contributed by atoms with Crippen molar-refractivity contribution in [2.45, 2.75) is 13.1 Å². The lowest BCUT2D eigenvalue weighted by atomic mass is 10.2. The lowest BCUT2D eigenvalue weighted by molar-refractivity contribution is 0.543. The van der Waals surface area contributed by atoms with E-state index in [1.807, 2.05) is 41.3 Å². The zero-order chi connectivity index (χ0) is 13.2. The van der Waals surface area contributed by atoms with Gasteiger partial charge in [-0.05, 0) is 23.6 Å². The molecule has 0 unspecified atom stereocenters. The molecule has 0 bridgehead atoms. The number of nitrogens with zero attached hydrogens (tertiary/aromatic N) is 4. The van der Waals surface area contributed by atoms with Crippen LogP contribution in [0.5, 0.6) is 0 Å². The maximum absolute atomic E-state index is 8.95. The molecule has 0 spiro atoms. The zero-order valence-electron chi connectivity index (χ0n) is 10.3. The second kappa shape index (κ2) is 4.50. The van der Waals surface area contributed by atoms with E-state index in [1.165, 1.54) is 0 Å². The van der Waals surface area contributed by atoms with Crippen LogP contribution in [0, 0.1) is 11.3 Å². The summed E-state index contributed by atoms with van der Waals surface area (Å²) < 4.78 is 3.93. The predicted octanol–water partition coefficient (Wildman–Crippen LogP) is 1.99. The molecule has 19 heavy (non-hydrogen) atoms. The van der Waals surface area contributed by atoms with E-state index in [-0.39, 0.29) is 0 Å². The molecule has 3 aromatic rings. The van der Waals surface area contributed by atoms with Crippen LogP contribution in [0.2, 0.25) is 0 Å². The first-order chi connectivity index (χ1) is 9.26. The summed E-state index contributed by atoms with van der Waals surface area (Å²) in [6, 6.07) is 9.93. The molecule has 0 saturated carbocycles. The van der Waals surface area contributed by atoms with Crippen LogP contribution in [-0.4, -0.2) is 14.3 Å². The molecule has 0 aliphatic carbocycles. The average Bonchev–Trinajstić information content (AvgIpc) is 3.02. The van der Waals surface area contributed by atoms with Crippen molar-refractivity contribution < 1.29 is 0 Å². The van der Waals surface area contributed by atoms with Crippen molar-refractivity contribution in [2.24, 2.45) is 0 Å². The molecule has 0 fully saturated rings. The quantitative estimate of drug-likeness (QED) is 0.773. The van der Waals surface area contributed by atoms with Crippen LogP contribution < -0.4 is 5.73 Å². The molecule has 2 heterocycles. The van der Waals surface area contributed by atoms with E-state index in [9.17, 15) is 0 Å². The van der Waals surface area contributed by atoms with Gasteiger partial charge in [0.25, 0.3) is 0 Å². The van der Waals surface area contributed by atoms with Gasteiger partial charge < -0.3 is 10.3 Å². The number of hydrogen-bond acceptors (Lipinski definition) is 3. The van der Waals surface area contributed by atoms with Crippen molar-refractivity contribution in [3.8, 4) is 6.07 Å².